The van der Waals surface area contributed by atoms with Crippen molar-refractivity contribution in [3.05, 3.63) is 12.4 Å². The first-order chi connectivity index (χ1) is 7.78. The first kappa shape index (κ1) is 12.6. The summed E-state index contributed by atoms with van der Waals surface area (Å²) in [6.45, 7) is 4.34. The average molecular weight is 257 g/mol. The summed E-state index contributed by atoms with van der Waals surface area (Å²) in [5, 5.41) is 3.88. The van der Waals surface area contributed by atoms with E-state index in [0.29, 0.717) is 0 Å². The summed E-state index contributed by atoms with van der Waals surface area (Å²) in [5.74, 6) is 0. The van der Waals surface area contributed by atoms with Gasteiger partial charge in [-0.3, -0.25) is 4.68 Å². The Bertz CT molecular complexity index is 505. The molecule has 1 unspecified atom stereocenters. The Balaban J connectivity index is 2.09. The molecule has 0 bridgehead atoms. The molecule has 1 N–H and O–H groups in total. The van der Waals surface area contributed by atoms with Gasteiger partial charge in [0.2, 0.25) is 10.0 Å². The van der Waals surface area contributed by atoms with Gasteiger partial charge in [0.15, 0.2) is 0 Å². The number of nitrogens with one attached hydrogen (secondary N) is 1. The summed E-state index contributed by atoms with van der Waals surface area (Å²) in [6.07, 6.45) is 5.76. The molecule has 1 heterocycles. The molecule has 96 valence electrons. The molecule has 0 spiro atoms. The van der Waals surface area contributed by atoms with Crippen LogP contribution in [-0.2, 0) is 17.1 Å². The largest absolute Gasteiger partial charge is 0.274 e. The quantitative estimate of drug-likeness (QED) is 0.887. The molecular weight excluding hydrogens is 238 g/mol. The first-order valence-electron chi connectivity index (χ1n) is 5.79. The zero-order chi connectivity index (χ0) is 12.7. The van der Waals surface area contributed by atoms with Crippen LogP contribution in [0.4, 0.5) is 0 Å². The van der Waals surface area contributed by atoms with E-state index in [0.717, 1.165) is 19.3 Å². The second kappa shape index (κ2) is 4.10. The molecule has 1 fully saturated rings. The van der Waals surface area contributed by atoms with Crippen LogP contribution in [0.15, 0.2) is 17.3 Å². The van der Waals surface area contributed by atoms with Crippen molar-refractivity contribution in [2.45, 2.75) is 44.0 Å². The van der Waals surface area contributed by atoms with Crippen LogP contribution in [-0.4, -0.2) is 24.2 Å². The average Bonchev–Trinajstić information content (AvgIpc) is 2.72. The van der Waals surface area contributed by atoms with Crippen LogP contribution in [0.2, 0.25) is 0 Å². The van der Waals surface area contributed by atoms with Crippen molar-refractivity contribution < 1.29 is 8.42 Å². The molecule has 17 heavy (non-hydrogen) atoms. The van der Waals surface area contributed by atoms with E-state index in [9.17, 15) is 8.42 Å². The van der Waals surface area contributed by atoms with Crippen molar-refractivity contribution in [2.24, 2.45) is 12.5 Å². The van der Waals surface area contributed by atoms with Gasteiger partial charge in [-0.05, 0) is 24.7 Å². The van der Waals surface area contributed by atoms with Crippen LogP contribution >= 0.6 is 0 Å². The smallest absolute Gasteiger partial charge is 0.243 e. The molecule has 0 aliphatic heterocycles. The maximum absolute atomic E-state index is 12.0. The topological polar surface area (TPSA) is 64.0 Å². The van der Waals surface area contributed by atoms with Crippen molar-refractivity contribution in [2.75, 3.05) is 0 Å². The van der Waals surface area contributed by atoms with Crippen molar-refractivity contribution >= 4 is 10.0 Å². The monoisotopic (exact) mass is 257 g/mol. The van der Waals surface area contributed by atoms with E-state index < -0.39 is 10.0 Å². The van der Waals surface area contributed by atoms with E-state index in [2.05, 4.69) is 23.7 Å². The minimum atomic E-state index is -3.41. The van der Waals surface area contributed by atoms with Crippen molar-refractivity contribution in [3.8, 4) is 0 Å². The summed E-state index contributed by atoms with van der Waals surface area (Å²) in [4.78, 5) is 0.240. The minimum Gasteiger partial charge on any atom is -0.274 e. The van der Waals surface area contributed by atoms with E-state index in [1.165, 1.54) is 17.1 Å². The van der Waals surface area contributed by atoms with Gasteiger partial charge in [0.1, 0.15) is 4.90 Å². The molecule has 0 saturated heterocycles. The first-order valence-corrected chi connectivity index (χ1v) is 7.28. The molecule has 5 nitrogen and oxygen atoms in total. The third kappa shape index (κ3) is 2.87. The zero-order valence-electron chi connectivity index (χ0n) is 10.5. The number of nitrogens with zero attached hydrogens (tertiary/aromatic N) is 2. The van der Waals surface area contributed by atoms with E-state index >= 15 is 0 Å². The Hall–Kier alpha value is -0.880. The SMILES string of the molecule is Cn1cc(S(=O)(=O)NC2CCC(C)(C)C2)cn1. The lowest BCUT2D eigenvalue weighted by atomic mass is 9.92. The highest BCUT2D eigenvalue weighted by atomic mass is 32.2. The Morgan fingerprint density at radius 1 is 1.53 bits per heavy atom. The third-order valence-electron chi connectivity index (χ3n) is 3.28. The standard InChI is InChI=1S/C11H19N3O2S/c1-11(2)5-4-9(6-11)13-17(15,16)10-7-12-14(3)8-10/h7-9,13H,4-6H2,1-3H3. The number of hydrogen-bond donors (Lipinski definition) is 1. The van der Waals surface area contributed by atoms with Gasteiger partial charge < -0.3 is 0 Å². The summed E-state index contributed by atoms with van der Waals surface area (Å²) in [5.41, 5.74) is 0.238. The number of rotatable bonds is 3. The Morgan fingerprint density at radius 2 is 2.24 bits per heavy atom. The summed E-state index contributed by atoms with van der Waals surface area (Å²) >= 11 is 0. The van der Waals surface area contributed by atoms with Crippen molar-refractivity contribution in [1.82, 2.24) is 14.5 Å². The predicted octanol–water partition coefficient (Wildman–Crippen LogP) is 1.28. The predicted molar refractivity (Wildman–Crippen MR) is 64.9 cm³/mol. The van der Waals surface area contributed by atoms with Crippen molar-refractivity contribution in [3.63, 3.8) is 0 Å². The van der Waals surface area contributed by atoms with Crippen LogP contribution in [0.25, 0.3) is 0 Å². The second-order valence-corrected chi connectivity index (χ2v) is 7.29. The maximum atomic E-state index is 12.0. The van der Waals surface area contributed by atoms with Crippen LogP contribution < -0.4 is 4.72 Å². The lowest BCUT2D eigenvalue weighted by molar-refractivity contribution is 0.372. The molecule has 0 amide bonds. The van der Waals surface area contributed by atoms with Gasteiger partial charge in [-0.1, -0.05) is 13.8 Å². The van der Waals surface area contributed by atoms with Gasteiger partial charge in [0, 0.05) is 19.3 Å². The molecular formula is C11H19N3O2S. The Morgan fingerprint density at radius 3 is 2.71 bits per heavy atom. The maximum Gasteiger partial charge on any atom is 0.243 e. The van der Waals surface area contributed by atoms with E-state index in [1.807, 2.05) is 0 Å². The Kier molecular flexibility index (Phi) is 3.03. The van der Waals surface area contributed by atoms with Gasteiger partial charge in [-0.2, -0.15) is 5.10 Å². The number of hydrogen-bond acceptors (Lipinski definition) is 3. The van der Waals surface area contributed by atoms with Crippen LogP contribution in [0, 0.1) is 5.41 Å². The van der Waals surface area contributed by atoms with Crippen LogP contribution in [0.3, 0.4) is 0 Å². The van der Waals surface area contributed by atoms with Crippen LogP contribution in [0.1, 0.15) is 33.1 Å². The number of aryl methyl sites for hydroxylation is 1. The lowest BCUT2D eigenvalue weighted by Gasteiger charge is -2.17. The summed E-state index contributed by atoms with van der Waals surface area (Å²) in [7, 11) is -1.70. The van der Waals surface area contributed by atoms with E-state index in [1.54, 1.807) is 7.05 Å². The van der Waals surface area contributed by atoms with Gasteiger partial charge in [-0.25, -0.2) is 13.1 Å². The fourth-order valence-corrected chi connectivity index (χ4v) is 3.62. The molecule has 1 atom stereocenters. The fourth-order valence-electron chi connectivity index (χ4n) is 2.36. The minimum absolute atomic E-state index is 0.0511. The molecule has 0 radical (unpaired) electrons. The number of sulfonamides is 1. The van der Waals surface area contributed by atoms with Crippen molar-refractivity contribution in [1.29, 1.82) is 0 Å². The van der Waals surface area contributed by atoms with Gasteiger partial charge >= 0.3 is 0 Å². The summed E-state index contributed by atoms with van der Waals surface area (Å²) in [6, 6.07) is 0.0511. The molecule has 1 aromatic rings. The lowest BCUT2D eigenvalue weighted by Crippen LogP contribution is -2.33. The van der Waals surface area contributed by atoms with Gasteiger partial charge in [0.25, 0.3) is 0 Å². The third-order valence-corrected chi connectivity index (χ3v) is 4.76. The molecule has 6 heteroatoms. The Labute approximate surface area is 102 Å². The highest BCUT2D eigenvalue weighted by Gasteiger charge is 2.33. The van der Waals surface area contributed by atoms with Crippen LogP contribution in [0.5, 0.6) is 0 Å². The highest BCUT2D eigenvalue weighted by molar-refractivity contribution is 7.89. The highest BCUT2D eigenvalue weighted by Crippen LogP contribution is 2.37. The molecule has 0 aromatic carbocycles. The molecule has 1 aliphatic carbocycles. The normalized spacial score (nSPS) is 24.1. The molecule has 1 aromatic heterocycles. The summed E-state index contributed by atoms with van der Waals surface area (Å²) < 4.78 is 28.3. The van der Waals surface area contributed by atoms with E-state index in [4.69, 9.17) is 0 Å². The molecule has 1 saturated carbocycles. The zero-order valence-corrected chi connectivity index (χ0v) is 11.3. The molecule has 2 rings (SSSR count). The van der Waals surface area contributed by atoms with Gasteiger partial charge in [0.05, 0.1) is 6.20 Å². The molecule has 1 aliphatic rings. The van der Waals surface area contributed by atoms with Gasteiger partial charge in [-0.15, -0.1) is 0 Å². The second-order valence-electron chi connectivity index (χ2n) is 5.57. The van der Waals surface area contributed by atoms with E-state index in [-0.39, 0.29) is 16.4 Å². The fraction of sp³-hybridized carbons (Fsp3) is 0.727. The number of aromatic nitrogens is 2.